The van der Waals surface area contributed by atoms with Crippen molar-refractivity contribution in [3.8, 4) is 0 Å². The fourth-order valence-corrected chi connectivity index (χ4v) is 1.54. The highest BCUT2D eigenvalue weighted by molar-refractivity contribution is 6.30. The van der Waals surface area contributed by atoms with Gasteiger partial charge in [-0.25, -0.2) is 0 Å². The zero-order valence-corrected chi connectivity index (χ0v) is 10.4. The van der Waals surface area contributed by atoms with Gasteiger partial charge in [0.1, 0.15) is 0 Å². The van der Waals surface area contributed by atoms with Gasteiger partial charge in [0.2, 0.25) is 0 Å². The van der Waals surface area contributed by atoms with Crippen LogP contribution in [0.5, 0.6) is 0 Å². The first-order valence-electron chi connectivity index (χ1n) is 5.07. The summed E-state index contributed by atoms with van der Waals surface area (Å²) >= 11 is 5.97. The van der Waals surface area contributed by atoms with Gasteiger partial charge in [0.05, 0.1) is 0 Å². The van der Waals surface area contributed by atoms with E-state index in [1.54, 1.807) is 0 Å². The zero-order chi connectivity index (χ0) is 11.5. The van der Waals surface area contributed by atoms with Crippen molar-refractivity contribution >= 4 is 11.6 Å². The first-order valence-corrected chi connectivity index (χ1v) is 5.45. The normalized spacial score (nSPS) is 11.5. The lowest BCUT2D eigenvalue weighted by Gasteiger charge is -2.27. The van der Waals surface area contributed by atoms with E-state index in [1.165, 1.54) is 5.56 Å². The second kappa shape index (κ2) is 4.82. The van der Waals surface area contributed by atoms with Crippen molar-refractivity contribution in [1.29, 1.82) is 0 Å². The van der Waals surface area contributed by atoms with Crippen molar-refractivity contribution < 1.29 is 0 Å². The third-order valence-electron chi connectivity index (χ3n) is 2.38. The van der Waals surface area contributed by atoms with E-state index < -0.39 is 0 Å². The van der Waals surface area contributed by atoms with Crippen LogP contribution in [0.1, 0.15) is 26.3 Å². The molecular weight excluding hydrogens is 206 g/mol. The minimum atomic E-state index is -0.0795. The maximum atomic E-state index is 5.97. The smallest absolute Gasteiger partial charge is 0.0409 e. The van der Waals surface area contributed by atoms with Gasteiger partial charge in [0.15, 0.2) is 0 Å². The summed E-state index contributed by atoms with van der Waals surface area (Å²) in [6, 6.07) is 7.94. The van der Waals surface area contributed by atoms with Crippen LogP contribution in [0, 0.1) is 0 Å². The van der Waals surface area contributed by atoms with Crippen LogP contribution in [0.4, 0.5) is 0 Å². The van der Waals surface area contributed by atoms with Crippen LogP contribution >= 0.6 is 11.6 Å². The second-order valence-electron chi connectivity index (χ2n) is 4.45. The molecule has 0 aliphatic heterocycles. The molecule has 0 unspecified atom stereocenters. The van der Waals surface area contributed by atoms with Crippen molar-refractivity contribution in [1.82, 2.24) is 5.32 Å². The minimum Gasteiger partial charge on any atom is -0.304 e. The van der Waals surface area contributed by atoms with Gasteiger partial charge in [0, 0.05) is 17.1 Å². The monoisotopic (exact) mass is 223 g/mol. The molecule has 1 nitrogen and oxygen atoms in total. The maximum absolute atomic E-state index is 5.97. The highest BCUT2D eigenvalue weighted by Crippen LogP contribution is 2.22. The van der Waals surface area contributed by atoms with Gasteiger partial charge in [-0.3, -0.25) is 0 Å². The molecular formula is C13H18ClN. The van der Waals surface area contributed by atoms with Crippen LogP contribution in [-0.2, 0) is 5.54 Å². The van der Waals surface area contributed by atoms with E-state index in [2.05, 4.69) is 31.8 Å². The van der Waals surface area contributed by atoms with Crippen molar-refractivity contribution in [2.45, 2.75) is 26.3 Å². The summed E-state index contributed by atoms with van der Waals surface area (Å²) in [5.74, 6) is 0. The SMILES string of the molecule is C=C(C)CNC(C)(C)c1cccc(Cl)c1. The lowest BCUT2D eigenvalue weighted by molar-refractivity contribution is 0.421. The van der Waals surface area contributed by atoms with Gasteiger partial charge in [-0.05, 0) is 38.5 Å². The molecule has 15 heavy (non-hydrogen) atoms. The molecule has 1 aromatic rings. The molecule has 0 aliphatic carbocycles. The molecule has 0 fully saturated rings. The van der Waals surface area contributed by atoms with E-state index in [4.69, 9.17) is 11.6 Å². The van der Waals surface area contributed by atoms with Crippen molar-refractivity contribution in [3.05, 3.63) is 47.0 Å². The summed E-state index contributed by atoms with van der Waals surface area (Å²) in [4.78, 5) is 0. The third-order valence-corrected chi connectivity index (χ3v) is 2.61. The van der Waals surface area contributed by atoms with Crippen LogP contribution in [-0.4, -0.2) is 6.54 Å². The number of hydrogen-bond donors (Lipinski definition) is 1. The molecule has 0 amide bonds. The number of halogens is 1. The first kappa shape index (κ1) is 12.3. The highest BCUT2D eigenvalue weighted by Gasteiger charge is 2.19. The van der Waals surface area contributed by atoms with Gasteiger partial charge in [0.25, 0.3) is 0 Å². The fraction of sp³-hybridized carbons (Fsp3) is 0.385. The lowest BCUT2D eigenvalue weighted by atomic mass is 9.94. The Labute approximate surface area is 97.1 Å². The van der Waals surface area contributed by atoms with E-state index in [0.717, 1.165) is 17.1 Å². The highest BCUT2D eigenvalue weighted by atomic mass is 35.5. The van der Waals surface area contributed by atoms with E-state index in [1.807, 2.05) is 25.1 Å². The van der Waals surface area contributed by atoms with Crippen molar-refractivity contribution in [3.63, 3.8) is 0 Å². The van der Waals surface area contributed by atoms with Crippen LogP contribution in [0.3, 0.4) is 0 Å². The third kappa shape index (κ3) is 3.69. The fourth-order valence-electron chi connectivity index (χ4n) is 1.35. The molecule has 0 saturated heterocycles. The summed E-state index contributed by atoms with van der Waals surface area (Å²) in [5, 5.41) is 4.22. The first-order chi connectivity index (χ1) is 6.92. The van der Waals surface area contributed by atoms with Crippen LogP contribution in [0.15, 0.2) is 36.4 Å². The maximum Gasteiger partial charge on any atom is 0.0409 e. The molecule has 0 bridgehead atoms. The average molecular weight is 224 g/mol. The summed E-state index contributed by atoms with van der Waals surface area (Å²) < 4.78 is 0. The van der Waals surface area contributed by atoms with Crippen molar-refractivity contribution in [2.24, 2.45) is 0 Å². The van der Waals surface area contributed by atoms with Crippen LogP contribution in [0.25, 0.3) is 0 Å². The Kier molecular flexibility index (Phi) is 3.95. The molecule has 0 atom stereocenters. The molecule has 0 heterocycles. The minimum absolute atomic E-state index is 0.0795. The molecule has 0 aliphatic rings. The van der Waals surface area contributed by atoms with Crippen LogP contribution in [0.2, 0.25) is 5.02 Å². The quantitative estimate of drug-likeness (QED) is 0.767. The Morgan fingerprint density at radius 3 is 2.67 bits per heavy atom. The Hall–Kier alpha value is -0.790. The van der Waals surface area contributed by atoms with Gasteiger partial charge < -0.3 is 5.32 Å². The van der Waals surface area contributed by atoms with E-state index >= 15 is 0 Å². The number of nitrogens with one attached hydrogen (secondary N) is 1. The molecule has 0 radical (unpaired) electrons. The Balaban J connectivity index is 2.80. The van der Waals surface area contributed by atoms with Gasteiger partial charge in [-0.1, -0.05) is 35.9 Å². The Morgan fingerprint density at radius 1 is 1.47 bits per heavy atom. The summed E-state index contributed by atoms with van der Waals surface area (Å²) in [7, 11) is 0. The largest absolute Gasteiger partial charge is 0.304 e. The van der Waals surface area contributed by atoms with Gasteiger partial charge >= 0.3 is 0 Å². The van der Waals surface area contributed by atoms with Crippen LogP contribution < -0.4 is 5.32 Å². The van der Waals surface area contributed by atoms with E-state index in [-0.39, 0.29) is 5.54 Å². The number of rotatable bonds is 4. The summed E-state index contributed by atoms with van der Waals surface area (Å²) in [6.07, 6.45) is 0. The standard InChI is InChI=1S/C13H18ClN/c1-10(2)9-15-13(3,4)11-6-5-7-12(14)8-11/h5-8,15H,1,9H2,2-4H3. The average Bonchev–Trinajstić information content (AvgIpc) is 2.15. The number of hydrogen-bond acceptors (Lipinski definition) is 1. The Morgan fingerprint density at radius 2 is 2.13 bits per heavy atom. The molecule has 1 rings (SSSR count). The zero-order valence-electron chi connectivity index (χ0n) is 9.60. The molecule has 0 spiro atoms. The predicted molar refractivity (Wildman–Crippen MR) is 67.3 cm³/mol. The lowest BCUT2D eigenvalue weighted by Crippen LogP contribution is -2.37. The topological polar surface area (TPSA) is 12.0 Å². The molecule has 0 aromatic heterocycles. The molecule has 1 aromatic carbocycles. The predicted octanol–water partition coefficient (Wildman–Crippen LogP) is 3.74. The summed E-state index contributed by atoms with van der Waals surface area (Å²) in [5.41, 5.74) is 2.24. The molecule has 1 N–H and O–H groups in total. The van der Waals surface area contributed by atoms with E-state index in [9.17, 15) is 0 Å². The molecule has 82 valence electrons. The Bertz CT molecular complexity index is 355. The number of benzene rings is 1. The van der Waals surface area contributed by atoms with Gasteiger partial charge in [-0.15, -0.1) is 0 Å². The van der Waals surface area contributed by atoms with Crippen molar-refractivity contribution in [2.75, 3.05) is 6.54 Å². The molecule has 0 saturated carbocycles. The second-order valence-corrected chi connectivity index (χ2v) is 4.88. The van der Waals surface area contributed by atoms with E-state index in [0.29, 0.717) is 0 Å². The van der Waals surface area contributed by atoms with Gasteiger partial charge in [-0.2, -0.15) is 0 Å². The summed E-state index contributed by atoms with van der Waals surface area (Å²) in [6.45, 7) is 11.0. The molecule has 2 heteroatoms.